The molecule has 0 spiro atoms. The maximum absolute atomic E-state index is 14.1. The molecule has 2 aromatic heterocycles. The molecule has 0 radical (unpaired) electrons. The number of aromatic nitrogens is 3. The maximum Gasteiger partial charge on any atom is 0.260 e. The Bertz CT molecular complexity index is 1640. The third-order valence-corrected chi connectivity index (χ3v) is 6.66. The van der Waals surface area contributed by atoms with Gasteiger partial charge < -0.3 is 9.47 Å². The molecule has 9 heteroatoms. The quantitative estimate of drug-likeness (QED) is 0.283. The van der Waals surface area contributed by atoms with E-state index in [2.05, 4.69) is 16.5 Å². The zero-order valence-corrected chi connectivity index (χ0v) is 21.3. The average molecular weight is 508 g/mol. The van der Waals surface area contributed by atoms with Gasteiger partial charge in [0.1, 0.15) is 23.3 Å². The minimum Gasteiger partial charge on any atom is -0.334 e. The number of carbonyl (C=O) groups excluding carboxylic acids is 1. The summed E-state index contributed by atoms with van der Waals surface area (Å²) in [5.74, 6) is 0.562. The highest BCUT2D eigenvalue weighted by molar-refractivity contribution is 6.11. The number of rotatable bonds is 6. The van der Waals surface area contributed by atoms with Gasteiger partial charge in [0.05, 0.1) is 12.9 Å². The highest BCUT2D eigenvalue weighted by Crippen LogP contribution is 2.34. The summed E-state index contributed by atoms with van der Waals surface area (Å²) in [4.78, 5) is 25.5. The zero-order valence-electron chi connectivity index (χ0n) is 21.3. The van der Waals surface area contributed by atoms with Crippen LogP contribution in [0.25, 0.3) is 16.7 Å². The first-order chi connectivity index (χ1) is 18.2. The van der Waals surface area contributed by atoms with Gasteiger partial charge >= 0.3 is 0 Å². The van der Waals surface area contributed by atoms with Crippen molar-refractivity contribution in [1.82, 2.24) is 19.4 Å². The molecule has 2 N–H and O–H groups in total. The van der Waals surface area contributed by atoms with Gasteiger partial charge in [-0.1, -0.05) is 24.8 Å². The molecule has 0 fully saturated rings. The highest BCUT2D eigenvalue weighted by atomic mass is 19.1. The molecule has 1 amide bonds. The van der Waals surface area contributed by atoms with Crippen LogP contribution in [-0.4, -0.2) is 44.6 Å². The van der Waals surface area contributed by atoms with Crippen molar-refractivity contribution in [2.45, 2.75) is 13.5 Å². The van der Waals surface area contributed by atoms with Gasteiger partial charge in [-0.3, -0.25) is 20.5 Å². The molecule has 5 rings (SSSR count). The predicted octanol–water partition coefficient (Wildman–Crippen LogP) is 5.02. The third-order valence-electron chi connectivity index (χ3n) is 6.66. The van der Waals surface area contributed by atoms with E-state index < -0.39 is 5.82 Å². The van der Waals surface area contributed by atoms with Crippen molar-refractivity contribution < 1.29 is 9.18 Å². The number of amidine groups is 1. The molecule has 8 nitrogen and oxygen atoms in total. The van der Waals surface area contributed by atoms with Crippen molar-refractivity contribution in [1.29, 1.82) is 10.8 Å². The summed E-state index contributed by atoms with van der Waals surface area (Å²) in [6.07, 6.45) is 4.56. The first-order valence-corrected chi connectivity index (χ1v) is 11.9. The first kappa shape index (κ1) is 24.8. The van der Waals surface area contributed by atoms with Crippen LogP contribution in [0.3, 0.4) is 0 Å². The summed E-state index contributed by atoms with van der Waals surface area (Å²) in [7, 11) is 3.46. The van der Waals surface area contributed by atoms with Crippen molar-refractivity contribution in [2.75, 3.05) is 11.9 Å². The Kier molecular flexibility index (Phi) is 6.20. The van der Waals surface area contributed by atoms with E-state index in [0.717, 1.165) is 34.6 Å². The number of hydrogen-bond acceptors (Lipinski definition) is 5. The number of fused-ring (bicyclic) bond motifs is 1. The molecule has 0 saturated heterocycles. The first-order valence-electron chi connectivity index (χ1n) is 11.9. The van der Waals surface area contributed by atoms with Crippen LogP contribution >= 0.6 is 0 Å². The Balaban J connectivity index is 1.50. The Hall–Kier alpha value is -4.92. The second kappa shape index (κ2) is 9.51. The molecular weight excluding hydrogens is 481 g/mol. The van der Waals surface area contributed by atoms with Crippen molar-refractivity contribution in [3.05, 3.63) is 107 Å². The third kappa shape index (κ3) is 4.28. The lowest BCUT2D eigenvalue weighted by Crippen LogP contribution is -2.25. The van der Waals surface area contributed by atoms with E-state index in [1.54, 1.807) is 30.3 Å². The van der Waals surface area contributed by atoms with Gasteiger partial charge in [0.2, 0.25) is 0 Å². The van der Waals surface area contributed by atoms with Gasteiger partial charge in [-0.05, 0) is 59.5 Å². The molecule has 1 aliphatic heterocycles. The van der Waals surface area contributed by atoms with E-state index >= 15 is 0 Å². The van der Waals surface area contributed by atoms with Crippen LogP contribution in [0.4, 0.5) is 10.2 Å². The number of amides is 1. The Morgan fingerprint density at radius 1 is 1.16 bits per heavy atom. The van der Waals surface area contributed by atoms with Crippen molar-refractivity contribution >= 4 is 29.5 Å². The number of halogens is 1. The fourth-order valence-corrected chi connectivity index (χ4v) is 4.62. The van der Waals surface area contributed by atoms with Gasteiger partial charge in [0.25, 0.3) is 5.91 Å². The standard InChI is InChI=1S/C29H26FN7O/c1-17-11-21(18(2)28-33-9-10-35(28)3)13-26(34-17)37-15-20-6-5-19(12-24(20)29(37)38)23-8-7-22(30)14-25(23)27(32)36(4)16-31/h5-14,16,31-32H,2,15H2,1,3-4H3. The smallest absolute Gasteiger partial charge is 0.260 e. The lowest BCUT2D eigenvalue weighted by atomic mass is 9.95. The average Bonchev–Trinajstić information content (AvgIpc) is 3.49. The van der Waals surface area contributed by atoms with Crippen LogP contribution in [0.5, 0.6) is 0 Å². The maximum atomic E-state index is 14.1. The highest BCUT2D eigenvalue weighted by Gasteiger charge is 2.30. The number of nitrogens with zero attached hydrogens (tertiary/aromatic N) is 5. The van der Waals surface area contributed by atoms with E-state index in [0.29, 0.717) is 34.6 Å². The van der Waals surface area contributed by atoms with Crippen LogP contribution in [0.15, 0.2) is 67.5 Å². The predicted molar refractivity (Wildman–Crippen MR) is 146 cm³/mol. The van der Waals surface area contributed by atoms with Crippen LogP contribution in [0.2, 0.25) is 0 Å². The monoisotopic (exact) mass is 507 g/mol. The number of hydrogen-bond donors (Lipinski definition) is 2. The van der Waals surface area contributed by atoms with Crippen molar-refractivity contribution in [3.63, 3.8) is 0 Å². The molecule has 2 aromatic carbocycles. The number of benzene rings is 2. The normalized spacial score (nSPS) is 12.4. The molecule has 0 saturated carbocycles. The van der Waals surface area contributed by atoms with Crippen LogP contribution in [-0.2, 0) is 13.6 Å². The summed E-state index contributed by atoms with van der Waals surface area (Å²) >= 11 is 0. The largest absolute Gasteiger partial charge is 0.334 e. The molecule has 0 bridgehead atoms. The number of carbonyl (C=O) groups is 1. The topological polar surface area (TPSA) is 102 Å². The minimum atomic E-state index is -0.483. The molecule has 0 atom stereocenters. The number of nitrogens with one attached hydrogen (secondary N) is 2. The molecule has 1 aliphatic rings. The summed E-state index contributed by atoms with van der Waals surface area (Å²) < 4.78 is 16.0. The number of aryl methyl sites for hydroxylation is 2. The molecule has 4 aromatic rings. The molecule has 38 heavy (non-hydrogen) atoms. The fourth-order valence-electron chi connectivity index (χ4n) is 4.62. The second-order valence-electron chi connectivity index (χ2n) is 9.24. The van der Waals surface area contributed by atoms with E-state index in [1.165, 1.54) is 17.0 Å². The molecule has 0 aliphatic carbocycles. The van der Waals surface area contributed by atoms with Gasteiger partial charge in [0, 0.05) is 48.9 Å². The molecule has 0 unspecified atom stereocenters. The summed E-state index contributed by atoms with van der Waals surface area (Å²) in [6.45, 7) is 6.45. The Morgan fingerprint density at radius 3 is 2.66 bits per heavy atom. The molecule has 3 heterocycles. The van der Waals surface area contributed by atoms with Gasteiger partial charge in [-0.2, -0.15) is 0 Å². The lowest BCUT2D eigenvalue weighted by Gasteiger charge is -2.18. The van der Waals surface area contributed by atoms with E-state index in [9.17, 15) is 9.18 Å². The van der Waals surface area contributed by atoms with Crippen molar-refractivity contribution in [3.8, 4) is 11.1 Å². The SMILES string of the molecule is C=C(c1cc(C)nc(N2Cc3ccc(-c4ccc(F)cc4C(=N)N(C)C=N)cc3C2=O)c1)c1nccn1C. The van der Waals surface area contributed by atoms with E-state index in [1.807, 2.05) is 49.0 Å². The van der Waals surface area contributed by atoms with Gasteiger partial charge in [0.15, 0.2) is 0 Å². The number of anilines is 1. The van der Waals surface area contributed by atoms with Crippen molar-refractivity contribution in [2.24, 2.45) is 7.05 Å². The number of pyridine rings is 1. The summed E-state index contributed by atoms with van der Waals surface area (Å²) in [5, 5.41) is 15.9. The van der Waals surface area contributed by atoms with E-state index in [-0.39, 0.29) is 11.7 Å². The fraction of sp³-hybridized carbons (Fsp3) is 0.138. The van der Waals surface area contributed by atoms with Gasteiger partial charge in [-0.25, -0.2) is 14.4 Å². The zero-order chi connectivity index (χ0) is 27.1. The van der Waals surface area contributed by atoms with E-state index in [4.69, 9.17) is 10.8 Å². The molecule has 190 valence electrons. The Morgan fingerprint density at radius 2 is 1.95 bits per heavy atom. The number of imidazole rings is 1. The second-order valence-corrected chi connectivity index (χ2v) is 9.24. The van der Waals surface area contributed by atoms with Crippen LogP contribution in [0.1, 0.15) is 38.6 Å². The molecular formula is C29H26FN7O. The summed E-state index contributed by atoms with van der Waals surface area (Å²) in [6, 6.07) is 13.5. The summed E-state index contributed by atoms with van der Waals surface area (Å²) in [5.41, 5.74) is 5.30. The van der Waals surface area contributed by atoms with Crippen LogP contribution in [0, 0.1) is 23.6 Å². The lowest BCUT2D eigenvalue weighted by molar-refractivity contribution is 0.0996. The van der Waals surface area contributed by atoms with Gasteiger partial charge in [-0.15, -0.1) is 0 Å². The Labute approximate surface area is 219 Å². The minimum absolute atomic E-state index is 0.0209. The van der Waals surface area contributed by atoms with Crippen LogP contribution < -0.4 is 4.90 Å².